The molecule has 1 unspecified atom stereocenters. The average molecular weight is 228 g/mol. The first-order valence-corrected chi connectivity index (χ1v) is 6.20. The van der Waals surface area contributed by atoms with E-state index in [1.807, 2.05) is 14.0 Å². The van der Waals surface area contributed by atoms with Gasteiger partial charge in [0, 0.05) is 20.2 Å². The minimum atomic E-state index is -0.567. The molecule has 1 fully saturated rings. The van der Waals surface area contributed by atoms with E-state index in [0.717, 1.165) is 45.2 Å². The highest BCUT2D eigenvalue weighted by molar-refractivity contribution is 5.84. The first kappa shape index (κ1) is 13.5. The van der Waals surface area contributed by atoms with E-state index in [2.05, 4.69) is 0 Å². The summed E-state index contributed by atoms with van der Waals surface area (Å²) in [6, 6.07) is 0. The van der Waals surface area contributed by atoms with Crippen LogP contribution in [0.25, 0.3) is 0 Å². The van der Waals surface area contributed by atoms with Crippen molar-refractivity contribution in [1.82, 2.24) is 4.90 Å². The van der Waals surface area contributed by atoms with Crippen molar-refractivity contribution in [3.8, 4) is 0 Å². The highest BCUT2D eigenvalue weighted by Gasteiger charge is 2.39. The van der Waals surface area contributed by atoms with Gasteiger partial charge < -0.3 is 15.4 Å². The fourth-order valence-corrected chi connectivity index (χ4v) is 2.12. The van der Waals surface area contributed by atoms with Crippen molar-refractivity contribution in [2.75, 3.05) is 26.7 Å². The number of nitrogens with zero attached hydrogens (tertiary/aromatic N) is 1. The van der Waals surface area contributed by atoms with Crippen molar-refractivity contribution in [2.45, 2.75) is 44.6 Å². The fraction of sp³-hybridized carbons (Fsp3) is 0.917. The lowest BCUT2D eigenvalue weighted by Crippen LogP contribution is -2.45. The monoisotopic (exact) mass is 228 g/mol. The molecule has 0 spiro atoms. The smallest absolute Gasteiger partial charge is 0.254 e. The van der Waals surface area contributed by atoms with Crippen LogP contribution in [-0.4, -0.2) is 43.2 Å². The van der Waals surface area contributed by atoms with Crippen molar-refractivity contribution in [1.29, 1.82) is 0 Å². The summed E-state index contributed by atoms with van der Waals surface area (Å²) in [6.07, 6.45) is 4.99. The maximum absolute atomic E-state index is 12.1. The van der Waals surface area contributed by atoms with Crippen LogP contribution in [0.3, 0.4) is 0 Å². The Kier molecular flexibility index (Phi) is 5.22. The average Bonchev–Trinajstić information content (AvgIpc) is 2.71. The molecular formula is C12H24N2O2. The van der Waals surface area contributed by atoms with Crippen molar-refractivity contribution in [3.63, 3.8) is 0 Å². The normalized spacial score (nSPS) is 24.7. The molecule has 1 atom stereocenters. The molecule has 1 heterocycles. The third-order valence-electron chi connectivity index (χ3n) is 3.22. The summed E-state index contributed by atoms with van der Waals surface area (Å²) in [5.74, 6) is 0.123. The van der Waals surface area contributed by atoms with Crippen LogP contribution in [0.2, 0.25) is 0 Å². The number of hydrogen-bond donors (Lipinski definition) is 1. The van der Waals surface area contributed by atoms with E-state index in [9.17, 15) is 4.79 Å². The molecule has 0 saturated carbocycles. The van der Waals surface area contributed by atoms with Gasteiger partial charge in [-0.05, 0) is 39.2 Å². The standard InChI is InChI=1S/C12H24N2O2/c1-12(7-6-10-16-12)11(15)14(2)9-5-3-4-8-13/h3-10,13H2,1-2H3. The van der Waals surface area contributed by atoms with Crippen LogP contribution in [0.4, 0.5) is 0 Å². The predicted molar refractivity (Wildman–Crippen MR) is 64.1 cm³/mol. The summed E-state index contributed by atoms with van der Waals surface area (Å²) in [5, 5.41) is 0. The second-order valence-corrected chi connectivity index (χ2v) is 4.76. The molecule has 0 aromatic heterocycles. The molecule has 1 rings (SSSR count). The molecule has 0 aliphatic carbocycles. The minimum Gasteiger partial charge on any atom is -0.365 e. The molecule has 0 bridgehead atoms. The number of amides is 1. The van der Waals surface area contributed by atoms with Crippen LogP contribution >= 0.6 is 0 Å². The quantitative estimate of drug-likeness (QED) is 0.694. The van der Waals surface area contributed by atoms with Gasteiger partial charge in [0.15, 0.2) is 0 Å². The summed E-state index contributed by atoms with van der Waals surface area (Å²) in [4.78, 5) is 13.9. The van der Waals surface area contributed by atoms with Crippen LogP contribution in [0.15, 0.2) is 0 Å². The number of hydrogen-bond acceptors (Lipinski definition) is 3. The van der Waals surface area contributed by atoms with E-state index in [-0.39, 0.29) is 5.91 Å². The summed E-state index contributed by atoms with van der Waals surface area (Å²) < 4.78 is 5.54. The van der Waals surface area contributed by atoms with E-state index < -0.39 is 5.60 Å². The molecule has 1 amide bonds. The molecule has 16 heavy (non-hydrogen) atoms. The number of ether oxygens (including phenoxy) is 1. The second kappa shape index (κ2) is 6.21. The number of nitrogens with two attached hydrogens (primary N) is 1. The Morgan fingerprint density at radius 2 is 2.19 bits per heavy atom. The number of likely N-dealkylation sites (N-methyl/N-ethyl adjacent to an activating group) is 1. The molecule has 1 saturated heterocycles. The van der Waals surface area contributed by atoms with E-state index in [4.69, 9.17) is 10.5 Å². The summed E-state index contributed by atoms with van der Waals surface area (Å²) in [5.41, 5.74) is 4.86. The van der Waals surface area contributed by atoms with Crippen molar-refractivity contribution in [3.05, 3.63) is 0 Å². The zero-order valence-corrected chi connectivity index (χ0v) is 10.5. The zero-order chi connectivity index (χ0) is 12.0. The minimum absolute atomic E-state index is 0.123. The van der Waals surface area contributed by atoms with Gasteiger partial charge in [-0.25, -0.2) is 0 Å². The zero-order valence-electron chi connectivity index (χ0n) is 10.5. The largest absolute Gasteiger partial charge is 0.365 e. The fourth-order valence-electron chi connectivity index (χ4n) is 2.12. The van der Waals surface area contributed by atoms with Crippen LogP contribution in [0, 0.1) is 0 Å². The van der Waals surface area contributed by atoms with Gasteiger partial charge in [-0.2, -0.15) is 0 Å². The lowest BCUT2D eigenvalue weighted by Gasteiger charge is -2.28. The van der Waals surface area contributed by atoms with Gasteiger partial charge in [-0.3, -0.25) is 4.79 Å². The molecule has 0 aromatic carbocycles. The van der Waals surface area contributed by atoms with Gasteiger partial charge in [0.25, 0.3) is 5.91 Å². The first-order chi connectivity index (χ1) is 7.60. The van der Waals surface area contributed by atoms with Crippen LogP contribution in [-0.2, 0) is 9.53 Å². The topological polar surface area (TPSA) is 55.6 Å². The summed E-state index contributed by atoms with van der Waals surface area (Å²) in [7, 11) is 1.86. The van der Waals surface area contributed by atoms with Crippen molar-refractivity contribution in [2.24, 2.45) is 5.73 Å². The van der Waals surface area contributed by atoms with Crippen LogP contribution in [0.1, 0.15) is 39.0 Å². The Hall–Kier alpha value is -0.610. The number of rotatable bonds is 6. The molecule has 0 aromatic rings. The van der Waals surface area contributed by atoms with Gasteiger partial charge in [0.1, 0.15) is 5.60 Å². The Morgan fingerprint density at radius 1 is 1.44 bits per heavy atom. The van der Waals surface area contributed by atoms with Crippen LogP contribution in [0.5, 0.6) is 0 Å². The highest BCUT2D eigenvalue weighted by Crippen LogP contribution is 2.26. The van der Waals surface area contributed by atoms with Gasteiger partial charge in [0.2, 0.25) is 0 Å². The van der Waals surface area contributed by atoms with Crippen molar-refractivity contribution < 1.29 is 9.53 Å². The molecular weight excluding hydrogens is 204 g/mol. The molecule has 94 valence electrons. The predicted octanol–water partition coefficient (Wildman–Crippen LogP) is 1.14. The lowest BCUT2D eigenvalue weighted by atomic mass is 10.0. The second-order valence-electron chi connectivity index (χ2n) is 4.76. The molecule has 1 aliphatic rings. The van der Waals surface area contributed by atoms with Gasteiger partial charge in [0.05, 0.1) is 0 Å². The van der Waals surface area contributed by atoms with Gasteiger partial charge in [-0.15, -0.1) is 0 Å². The summed E-state index contributed by atoms with van der Waals surface area (Å²) >= 11 is 0. The van der Waals surface area contributed by atoms with Gasteiger partial charge in [-0.1, -0.05) is 6.42 Å². The third-order valence-corrected chi connectivity index (χ3v) is 3.22. The third kappa shape index (κ3) is 3.46. The molecule has 4 heteroatoms. The Balaban J connectivity index is 2.30. The van der Waals surface area contributed by atoms with Crippen LogP contribution < -0.4 is 5.73 Å². The number of carbonyl (C=O) groups excluding carboxylic acids is 1. The summed E-state index contributed by atoms with van der Waals surface area (Å²) in [6.45, 7) is 4.15. The van der Waals surface area contributed by atoms with E-state index in [1.54, 1.807) is 4.90 Å². The van der Waals surface area contributed by atoms with E-state index in [1.165, 1.54) is 0 Å². The van der Waals surface area contributed by atoms with E-state index >= 15 is 0 Å². The lowest BCUT2D eigenvalue weighted by molar-refractivity contribution is -0.149. The van der Waals surface area contributed by atoms with E-state index in [0.29, 0.717) is 6.61 Å². The molecule has 0 radical (unpaired) electrons. The Labute approximate surface area is 98.1 Å². The number of unbranched alkanes of at least 4 members (excludes halogenated alkanes) is 2. The highest BCUT2D eigenvalue weighted by atomic mass is 16.5. The molecule has 4 nitrogen and oxygen atoms in total. The Morgan fingerprint density at radius 3 is 2.75 bits per heavy atom. The van der Waals surface area contributed by atoms with Gasteiger partial charge >= 0.3 is 0 Å². The first-order valence-electron chi connectivity index (χ1n) is 6.20. The maximum atomic E-state index is 12.1. The molecule has 1 aliphatic heterocycles. The number of carbonyl (C=O) groups is 1. The van der Waals surface area contributed by atoms with Crippen molar-refractivity contribution >= 4 is 5.91 Å². The maximum Gasteiger partial charge on any atom is 0.254 e. The Bertz CT molecular complexity index is 225. The molecule has 2 N–H and O–H groups in total. The SMILES string of the molecule is CN(CCCCCN)C(=O)C1(C)CCCO1.